The van der Waals surface area contributed by atoms with Crippen LogP contribution in [0.2, 0.25) is 0 Å². The zero-order valence-corrected chi connectivity index (χ0v) is 11.4. The van der Waals surface area contributed by atoms with E-state index in [1.807, 2.05) is 24.3 Å². The van der Waals surface area contributed by atoms with Crippen molar-refractivity contribution in [1.82, 2.24) is 10.2 Å². The lowest BCUT2D eigenvalue weighted by atomic mass is 10.1. The number of hydrogen-bond donors (Lipinski definition) is 2. The van der Waals surface area contributed by atoms with Crippen molar-refractivity contribution in [3.63, 3.8) is 0 Å². The smallest absolute Gasteiger partial charge is 0.148 e. The first kappa shape index (κ1) is 13.5. The van der Waals surface area contributed by atoms with Gasteiger partial charge in [-0.25, -0.2) is 0 Å². The predicted molar refractivity (Wildman–Crippen MR) is 79.0 cm³/mol. The number of nitrogens with one attached hydrogen (secondary N) is 1. The molecular formula is C15H20N4. The third kappa shape index (κ3) is 3.76. The van der Waals surface area contributed by atoms with Gasteiger partial charge in [0.05, 0.1) is 5.69 Å². The van der Waals surface area contributed by atoms with Crippen molar-refractivity contribution < 1.29 is 0 Å². The first-order valence-electron chi connectivity index (χ1n) is 6.56. The fraction of sp³-hybridized carbons (Fsp3) is 0.333. The van der Waals surface area contributed by atoms with E-state index in [1.54, 1.807) is 0 Å². The number of rotatable bonds is 5. The average molecular weight is 256 g/mol. The number of benzene rings is 1. The average Bonchev–Trinajstić information content (AvgIpc) is 2.40. The molecule has 0 aliphatic heterocycles. The molecule has 1 heterocycles. The van der Waals surface area contributed by atoms with E-state index in [1.165, 1.54) is 5.56 Å². The molecule has 0 amide bonds. The standard InChI is InChI=1S/C15H20N4/c1-11-4-3-5-13(10-11)14-6-7-15(19-18-14)17-12(2)8-9-16/h3-7,10,12H,8-9,16H2,1-2H3,(H,17,19). The van der Waals surface area contributed by atoms with Crippen LogP contribution in [0.5, 0.6) is 0 Å². The number of hydrogen-bond acceptors (Lipinski definition) is 4. The van der Waals surface area contributed by atoms with Crippen LogP contribution < -0.4 is 11.1 Å². The Hall–Kier alpha value is -1.94. The predicted octanol–water partition coefficient (Wildman–Crippen LogP) is 2.60. The summed E-state index contributed by atoms with van der Waals surface area (Å²) >= 11 is 0. The van der Waals surface area contributed by atoms with Crippen molar-refractivity contribution in [2.75, 3.05) is 11.9 Å². The minimum Gasteiger partial charge on any atom is -0.366 e. The third-order valence-electron chi connectivity index (χ3n) is 2.97. The lowest BCUT2D eigenvalue weighted by molar-refractivity contribution is 0.711. The molecule has 4 nitrogen and oxygen atoms in total. The Bertz CT molecular complexity index is 522. The van der Waals surface area contributed by atoms with Crippen molar-refractivity contribution in [1.29, 1.82) is 0 Å². The zero-order chi connectivity index (χ0) is 13.7. The van der Waals surface area contributed by atoms with Crippen LogP contribution >= 0.6 is 0 Å². The van der Waals surface area contributed by atoms with Gasteiger partial charge in [-0.3, -0.25) is 0 Å². The van der Waals surface area contributed by atoms with E-state index in [9.17, 15) is 0 Å². The maximum Gasteiger partial charge on any atom is 0.148 e. The molecule has 0 fully saturated rings. The van der Waals surface area contributed by atoms with E-state index in [-0.39, 0.29) is 0 Å². The molecular weight excluding hydrogens is 236 g/mol. The molecule has 3 N–H and O–H groups in total. The van der Waals surface area contributed by atoms with Gasteiger partial charge in [0.15, 0.2) is 0 Å². The summed E-state index contributed by atoms with van der Waals surface area (Å²) in [4.78, 5) is 0. The fourth-order valence-electron chi connectivity index (χ4n) is 1.94. The molecule has 0 radical (unpaired) electrons. The number of nitrogens with two attached hydrogens (primary N) is 1. The summed E-state index contributed by atoms with van der Waals surface area (Å²) in [6, 6.07) is 12.5. The van der Waals surface area contributed by atoms with Gasteiger partial charge in [-0.05, 0) is 45.0 Å². The monoisotopic (exact) mass is 256 g/mol. The Balaban J connectivity index is 2.10. The van der Waals surface area contributed by atoms with Gasteiger partial charge in [0.2, 0.25) is 0 Å². The Morgan fingerprint density at radius 2 is 2.05 bits per heavy atom. The molecule has 19 heavy (non-hydrogen) atoms. The lowest BCUT2D eigenvalue weighted by Crippen LogP contribution is -2.20. The summed E-state index contributed by atoms with van der Waals surface area (Å²) in [6.07, 6.45) is 0.918. The van der Waals surface area contributed by atoms with Gasteiger partial charge in [-0.2, -0.15) is 0 Å². The first-order chi connectivity index (χ1) is 9.19. The van der Waals surface area contributed by atoms with Crippen LogP contribution in [-0.2, 0) is 0 Å². The number of nitrogens with zero attached hydrogens (tertiary/aromatic N) is 2. The summed E-state index contributed by atoms with van der Waals surface area (Å²) < 4.78 is 0. The van der Waals surface area contributed by atoms with Crippen LogP contribution in [0.1, 0.15) is 18.9 Å². The fourth-order valence-corrected chi connectivity index (χ4v) is 1.94. The normalized spacial score (nSPS) is 12.2. The van der Waals surface area contributed by atoms with Gasteiger partial charge in [0, 0.05) is 11.6 Å². The van der Waals surface area contributed by atoms with Crippen LogP contribution in [0.4, 0.5) is 5.82 Å². The van der Waals surface area contributed by atoms with E-state index in [0.717, 1.165) is 23.5 Å². The summed E-state index contributed by atoms with van der Waals surface area (Å²) in [7, 11) is 0. The highest BCUT2D eigenvalue weighted by atomic mass is 15.2. The molecule has 1 aromatic carbocycles. The molecule has 0 saturated carbocycles. The molecule has 2 rings (SSSR count). The lowest BCUT2D eigenvalue weighted by Gasteiger charge is -2.12. The highest BCUT2D eigenvalue weighted by molar-refractivity contribution is 5.60. The van der Waals surface area contributed by atoms with E-state index in [0.29, 0.717) is 12.6 Å². The van der Waals surface area contributed by atoms with Crippen LogP contribution in [0.3, 0.4) is 0 Å². The van der Waals surface area contributed by atoms with Crippen molar-refractivity contribution in [3.8, 4) is 11.3 Å². The van der Waals surface area contributed by atoms with Crippen molar-refractivity contribution in [2.45, 2.75) is 26.3 Å². The quantitative estimate of drug-likeness (QED) is 0.863. The number of aryl methyl sites for hydroxylation is 1. The molecule has 0 spiro atoms. The highest BCUT2D eigenvalue weighted by Gasteiger charge is 2.04. The molecule has 1 aromatic heterocycles. The maximum absolute atomic E-state index is 5.52. The Morgan fingerprint density at radius 1 is 1.21 bits per heavy atom. The summed E-state index contributed by atoms with van der Waals surface area (Å²) in [5.74, 6) is 0.789. The van der Waals surface area contributed by atoms with Gasteiger partial charge < -0.3 is 11.1 Å². The summed E-state index contributed by atoms with van der Waals surface area (Å²) in [5.41, 5.74) is 8.72. The number of aromatic nitrogens is 2. The zero-order valence-electron chi connectivity index (χ0n) is 11.4. The SMILES string of the molecule is Cc1cccc(-c2ccc(NC(C)CCN)nn2)c1. The molecule has 0 aliphatic rings. The van der Waals surface area contributed by atoms with Crippen LogP contribution in [0.15, 0.2) is 36.4 Å². The topological polar surface area (TPSA) is 63.8 Å². The molecule has 1 unspecified atom stereocenters. The molecule has 1 atom stereocenters. The van der Waals surface area contributed by atoms with E-state index >= 15 is 0 Å². The molecule has 0 saturated heterocycles. The second-order valence-corrected chi connectivity index (χ2v) is 4.80. The van der Waals surface area contributed by atoms with Gasteiger partial charge in [0.25, 0.3) is 0 Å². The van der Waals surface area contributed by atoms with E-state index < -0.39 is 0 Å². The number of anilines is 1. The minimum atomic E-state index is 0.309. The van der Waals surface area contributed by atoms with Gasteiger partial charge >= 0.3 is 0 Å². The van der Waals surface area contributed by atoms with E-state index in [2.05, 4.69) is 41.5 Å². The minimum absolute atomic E-state index is 0.309. The van der Waals surface area contributed by atoms with Gasteiger partial charge in [-0.15, -0.1) is 10.2 Å². The summed E-state index contributed by atoms with van der Waals surface area (Å²) in [5, 5.41) is 11.7. The van der Waals surface area contributed by atoms with Gasteiger partial charge in [-0.1, -0.05) is 23.8 Å². The molecule has 100 valence electrons. The Morgan fingerprint density at radius 3 is 2.68 bits per heavy atom. The van der Waals surface area contributed by atoms with Crippen molar-refractivity contribution >= 4 is 5.82 Å². The van der Waals surface area contributed by atoms with Gasteiger partial charge in [0.1, 0.15) is 5.82 Å². The maximum atomic E-state index is 5.52. The summed E-state index contributed by atoms with van der Waals surface area (Å²) in [6.45, 7) is 4.83. The Kier molecular flexibility index (Phi) is 4.47. The van der Waals surface area contributed by atoms with E-state index in [4.69, 9.17) is 5.73 Å². The second-order valence-electron chi connectivity index (χ2n) is 4.80. The van der Waals surface area contributed by atoms with Crippen molar-refractivity contribution in [3.05, 3.63) is 42.0 Å². The second kappa shape index (κ2) is 6.29. The molecule has 0 aliphatic carbocycles. The van der Waals surface area contributed by atoms with Crippen molar-refractivity contribution in [2.24, 2.45) is 5.73 Å². The first-order valence-corrected chi connectivity index (χ1v) is 6.56. The van der Waals surface area contributed by atoms with Crippen LogP contribution in [0, 0.1) is 6.92 Å². The third-order valence-corrected chi connectivity index (χ3v) is 2.97. The molecule has 0 bridgehead atoms. The van der Waals surface area contributed by atoms with Crippen LogP contribution in [0.25, 0.3) is 11.3 Å². The highest BCUT2D eigenvalue weighted by Crippen LogP contribution is 2.18. The Labute approximate surface area is 114 Å². The van der Waals surface area contributed by atoms with Crippen LogP contribution in [-0.4, -0.2) is 22.8 Å². The largest absolute Gasteiger partial charge is 0.366 e. The molecule has 2 aromatic rings. The molecule has 4 heteroatoms.